The zero-order valence-corrected chi connectivity index (χ0v) is 12.0. The van der Waals surface area contributed by atoms with Gasteiger partial charge in [0.2, 0.25) is 0 Å². The summed E-state index contributed by atoms with van der Waals surface area (Å²) >= 11 is 0. The Hall–Kier alpha value is -1.39. The zero-order valence-electron chi connectivity index (χ0n) is 12.0. The lowest BCUT2D eigenvalue weighted by molar-refractivity contribution is 0.0696. The first-order chi connectivity index (χ1) is 9.60. The van der Waals surface area contributed by atoms with Crippen molar-refractivity contribution in [3.63, 3.8) is 0 Å². The fraction of sp³-hybridized carbons (Fsp3) is 0.562. The Kier molecular flexibility index (Phi) is 5.15. The largest absolute Gasteiger partial charge is 0.478 e. The fourth-order valence-corrected chi connectivity index (χ4v) is 2.56. The van der Waals surface area contributed by atoms with Crippen LogP contribution in [0.3, 0.4) is 0 Å². The highest BCUT2D eigenvalue weighted by Crippen LogP contribution is 2.28. The predicted octanol–water partition coefficient (Wildman–Crippen LogP) is 2.37. The molecule has 0 amide bonds. The monoisotopic (exact) mass is 277 g/mol. The number of aromatic carboxylic acids is 1. The van der Waals surface area contributed by atoms with E-state index in [0.717, 1.165) is 18.0 Å². The van der Waals surface area contributed by atoms with Crippen molar-refractivity contribution in [1.29, 1.82) is 0 Å². The second kappa shape index (κ2) is 6.86. The average molecular weight is 277 g/mol. The maximum absolute atomic E-state index is 11.0. The molecule has 20 heavy (non-hydrogen) atoms. The molecule has 0 radical (unpaired) electrons. The van der Waals surface area contributed by atoms with Gasteiger partial charge < -0.3 is 10.2 Å². The van der Waals surface area contributed by atoms with E-state index in [4.69, 9.17) is 5.11 Å². The number of benzene rings is 1. The molecule has 0 saturated heterocycles. The molecule has 0 heterocycles. The van der Waals surface area contributed by atoms with Crippen LogP contribution in [-0.2, 0) is 6.54 Å². The van der Waals surface area contributed by atoms with E-state index in [-0.39, 0.29) is 12.6 Å². The summed E-state index contributed by atoms with van der Waals surface area (Å²) in [4.78, 5) is 13.3. The molecule has 0 aliphatic heterocycles. The van der Waals surface area contributed by atoms with Gasteiger partial charge in [-0.3, -0.25) is 4.90 Å². The number of rotatable bonds is 7. The maximum atomic E-state index is 11.0. The van der Waals surface area contributed by atoms with E-state index in [1.807, 2.05) is 13.0 Å². The molecular weight excluding hydrogens is 254 g/mol. The Balaban J connectivity index is 2.05. The number of hydrogen-bond donors (Lipinski definition) is 2. The fourth-order valence-electron chi connectivity index (χ4n) is 2.56. The minimum atomic E-state index is -0.896. The number of hydrogen-bond acceptors (Lipinski definition) is 3. The van der Waals surface area contributed by atoms with Crippen LogP contribution in [0.15, 0.2) is 24.3 Å². The summed E-state index contributed by atoms with van der Waals surface area (Å²) in [6.45, 7) is 3.82. The standard InChI is InChI=1S/C16H23NO3/c1-12(11-18)17(9-13-4-2-5-13)10-14-6-3-7-15(8-14)16(19)20/h3,6-8,12-13,18H,2,4-5,9-11H2,1H3,(H,19,20). The number of aliphatic hydroxyl groups excluding tert-OH is 1. The molecule has 1 unspecified atom stereocenters. The highest BCUT2D eigenvalue weighted by atomic mass is 16.4. The minimum Gasteiger partial charge on any atom is -0.478 e. The number of carboxylic acids is 1. The number of aliphatic hydroxyl groups is 1. The molecule has 2 N–H and O–H groups in total. The summed E-state index contributed by atoms with van der Waals surface area (Å²) in [7, 11) is 0. The van der Waals surface area contributed by atoms with Crippen molar-refractivity contribution in [3.8, 4) is 0 Å². The van der Waals surface area contributed by atoms with Crippen LogP contribution < -0.4 is 0 Å². The topological polar surface area (TPSA) is 60.8 Å². The van der Waals surface area contributed by atoms with E-state index in [1.165, 1.54) is 19.3 Å². The average Bonchev–Trinajstić information content (AvgIpc) is 2.40. The van der Waals surface area contributed by atoms with Gasteiger partial charge in [0, 0.05) is 19.1 Å². The number of carboxylic acid groups (broad SMARTS) is 1. The maximum Gasteiger partial charge on any atom is 0.335 e. The highest BCUT2D eigenvalue weighted by molar-refractivity contribution is 5.87. The quantitative estimate of drug-likeness (QED) is 0.803. The molecule has 0 spiro atoms. The van der Waals surface area contributed by atoms with E-state index in [1.54, 1.807) is 18.2 Å². The van der Waals surface area contributed by atoms with Gasteiger partial charge in [0.1, 0.15) is 0 Å². The molecule has 2 rings (SSSR count). The second-order valence-corrected chi connectivity index (χ2v) is 5.76. The smallest absolute Gasteiger partial charge is 0.335 e. The van der Waals surface area contributed by atoms with Gasteiger partial charge in [-0.25, -0.2) is 4.79 Å². The van der Waals surface area contributed by atoms with Crippen LogP contribution in [0.1, 0.15) is 42.1 Å². The number of nitrogens with zero attached hydrogens (tertiary/aromatic N) is 1. The van der Waals surface area contributed by atoms with Gasteiger partial charge in [-0.15, -0.1) is 0 Å². The molecule has 1 saturated carbocycles. The summed E-state index contributed by atoms with van der Waals surface area (Å²) in [5, 5.41) is 18.4. The van der Waals surface area contributed by atoms with Gasteiger partial charge in [-0.05, 0) is 43.4 Å². The van der Waals surface area contributed by atoms with Gasteiger partial charge in [0.15, 0.2) is 0 Å². The molecule has 0 aromatic heterocycles. The molecule has 1 aromatic carbocycles. The van der Waals surface area contributed by atoms with Crippen molar-refractivity contribution in [2.75, 3.05) is 13.2 Å². The van der Waals surface area contributed by atoms with Crippen LogP contribution in [0.25, 0.3) is 0 Å². The Morgan fingerprint density at radius 2 is 2.20 bits per heavy atom. The second-order valence-electron chi connectivity index (χ2n) is 5.76. The third kappa shape index (κ3) is 3.81. The van der Waals surface area contributed by atoms with Crippen molar-refractivity contribution in [2.24, 2.45) is 5.92 Å². The van der Waals surface area contributed by atoms with Crippen LogP contribution in [0.2, 0.25) is 0 Å². The van der Waals surface area contributed by atoms with Gasteiger partial charge in [-0.1, -0.05) is 18.6 Å². The molecule has 4 nitrogen and oxygen atoms in total. The predicted molar refractivity (Wildman–Crippen MR) is 77.7 cm³/mol. The summed E-state index contributed by atoms with van der Waals surface area (Å²) in [6.07, 6.45) is 3.84. The lowest BCUT2D eigenvalue weighted by atomic mass is 9.85. The summed E-state index contributed by atoms with van der Waals surface area (Å²) in [5.41, 5.74) is 1.31. The highest BCUT2D eigenvalue weighted by Gasteiger charge is 2.23. The van der Waals surface area contributed by atoms with Crippen LogP contribution in [-0.4, -0.2) is 40.3 Å². The van der Waals surface area contributed by atoms with Crippen LogP contribution in [0.5, 0.6) is 0 Å². The third-order valence-electron chi connectivity index (χ3n) is 4.16. The van der Waals surface area contributed by atoms with E-state index >= 15 is 0 Å². The molecule has 1 aliphatic carbocycles. The van der Waals surface area contributed by atoms with E-state index in [0.29, 0.717) is 12.1 Å². The van der Waals surface area contributed by atoms with Crippen LogP contribution in [0, 0.1) is 5.92 Å². The molecule has 1 aliphatic rings. The Morgan fingerprint density at radius 3 is 2.75 bits per heavy atom. The Bertz CT molecular complexity index is 457. The summed E-state index contributed by atoms with van der Waals surface area (Å²) in [5.74, 6) is -0.167. The Labute approximate surface area is 120 Å². The first-order valence-corrected chi connectivity index (χ1v) is 7.27. The Morgan fingerprint density at radius 1 is 1.45 bits per heavy atom. The number of carbonyl (C=O) groups is 1. The molecule has 1 fully saturated rings. The van der Waals surface area contributed by atoms with Crippen molar-refractivity contribution in [2.45, 2.75) is 38.8 Å². The molecule has 110 valence electrons. The first-order valence-electron chi connectivity index (χ1n) is 7.27. The summed E-state index contributed by atoms with van der Waals surface area (Å²) in [6, 6.07) is 7.16. The zero-order chi connectivity index (χ0) is 14.5. The van der Waals surface area contributed by atoms with Crippen LogP contribution in [0.4, 0.5) is 0 Å². The van der Waals surface area contributed by atoms with Gasteiger partial charge >= 0.3 is 5.97 Å². The molecule has 1 aromatic rings. The van der Waals surface area contributed by atoms with Crippen molar-refractivity contribution in [3.05, 3.63) is 35.4 Å². The molecule has 0 bridgehead atoms. The lowest BCUT2D eigenvalue weighted by Gasteiger charge is -2.35. The third-order valence-corrected chi connectivity index (χ3v) is 4.16. The van der Waals surface area contributed by atoms with Crippen LogP contribution >= 0.6 is 0 Å². The summed E-state index contributed by atoms with van der Waals surface area (Å²) < 4.78 is 0. The first kappa shape index (κ1) is 15.0. The lowest BCUT2D eigenvalue weighted by Crippen LogP contribution is -2.40. The molecule has 1 atom stereocenters. The van der Waals surface area contributed by atoms with Crippen molar-refractivity contribution in [1.82, 2.24) is 4.90 Å². The van der Waals surface area contributed by atoms with Gasteiger partial charge in [-0.2, -0.15) is 0 Å². The molecule has 4 heteroatoms. The van der Waals surface area contributed by atoms with Gasteiger partial charge in [0.25, 0.3) is 0 Å². The van der Waals surface area contributed by atoms with E-state index < -0.39 is 5.97 Å². The molecular formula is C16H23NO3. The van der Waals surface area contributed by atoms with Crippen molar-refractivity contribution < 1.29 is 15.0 Å². The normalized spacial score (nSPS) is 16.9. The minimum absolute atomic E-state index is 0.101. The van der Waals surface area contributed by atoms with Crippen molar-refractivity contribution >= 4 is 5.97 Å². The van der Waals surface area contributed by atoms with E-state index in [2.05, 4.69) is 4.90 Å². The SMILES string of the molecule is CC(CO)N(Cc1cccc(C(=O)O)c1)CC1CCC1. The van der Waals surface area contributed by atoms with Gasteiger partial charge in [0.05, 0.1) is 12.2 Å². The van der Waals surface area contributed by atoms with E-state index in [9.17, 15) is 9.90 Å².